The number of aromatic nitrogens is 4. The highest BCUT2D eigenvalue weighted by Crippen LogP contribution is 2.34. The molecular weight excluding hydrogens is 504 g/mol. The maximum Gasteiger partial charge on any atom is 0.258 e. The van der Waals surface area contributed by atoms with E-state index in [1.165, 1.54) is 0 Å². The SMILES string of the molecule is C=C(CNC)N1CCC(n2cc(-c3cnc(N)c(O[C@H](C)c4c(Cl)ccc(P)c4Cl)n3)cn2)CC1. The minimum Gasteiger partial charge on any atom is -0.467 e. The quantitative estimate of drug-likeness (QED) is 0.418. The van der Waals surface area contributed by atoms with Gasteiger partial charge in [-0.3, -0.25) is 4.68 Å². The fourth-order valence-electron chi connectivity index (χ4n) is 4.22. The van der Waals surface area contributed by atoms with E-state index >= 15 is 0 Å². The number of piperidine rings is 1. The maximum atomic E-state index is 6.47. The first-order valence-electron chi connectivity index (χ1n) is 11.4. The van der Waals surface area contributed by atoms with E-state index in [1.54, 1.807) is 18.5 Å². The highest BCUT2D eigenvalue weighted by molar-refractivity contribution is 7.28. The van der Waals surface area contributed by atoms with Crippen LogP contribution in [0.1, 0.15) is 37.5 Å². The Kier molecular flexibility index (Phi) is 8.17. The zero-order valence-corrected chi connectivity index (χ0v) is 22.5. The van der Waals surface area contributed by atoms with Gasteiger partial charge in [0.05, 0.1) is 29.2 Å². The number of nitrogens with two attached hydrogens (primary N) is 1. The topological polar surface area (TPSA) is 94.1 Å². The summed E-state index contributed by atoms with van der Waals surface area (Å²) in [5.74, 6) is 0.414. The number of ether oxygens (including phenoxy) is 1. The van der Waals surface area contributed by atoms with Gasteiger partial charge in [0.1, 0.15) is 6.10 Å². The smallest absolute Gasteiger partial charge is 0.258 e. The molecule has 0 bridgehead atoms. The predicted octanol–water partition coefficient (Wildman–Crippen LogP) is 4.24. The summed E-state index contributed by atoms with van der Waals surface area (Å²) in [7, 11) is 4.53. The monoisotopic (exact) mass is 533 g/mol. The molecule has 35 heavy (non-hydrogen) atoms. The van der Waals surface area contributed by atoms with Crippen LogP contribution in [0.3, 0.4) is 0 Å². The van der Waals surface area contributed by atoms with Crippen LogP contribution in [0, 0.1) is 0 Å². The van der Waals surface area contributed by atoms with E-state index in [-0.39, 0.29) is 11.7 Å². The van der Waals surface area contributed by atoms with E-state index in [9.17, 15) is 0 Å². The van der Waals surface area contributed by atoms with Crippen LogP contribution in [0.4, 0.5) is 5.82 Å². The molecule has 1 aliphatic rings. The van der Waals surface area contributed by atoms with Crippen molar-refractivity contribution in [2.24, 2.45) is 0 Å². The second kappa shape index (κ2) is 11.1. The third-order valence-electron chi connectivity index (χ3n) is 6.18. The van der Waals surface area contributed by atoms with Crippen molar-refractivity contribution in [3.05, 3.63) is 58.6 Å². The third kappa shape index (κ3) is 5.72. The molecule has 0 radical (unpaired) electrons. The lowest BCUT2D eigenvalue weighted by Crippen LogP contribution is -2.36. The van der Waals surface area contributed by atoms with Gasteiger partial charge in [-0.1, -0.05) is 35.8 Å². The van der Waals surface area contributed by atoms with Crippen LogP contribution in [0.5, 0.6) is 5.88 Å². The minimum absolute atomic E-state index is 0.191. The van der Waals surface area contributed by atoms with Gasteiger partial charge in [-0.05, 0) is 38.2 Å². The molecule has 0 amide bonds. The lowest BCUT2D eigenvalue weighted by molar-refractivity contribution is 0.216. The third-order valence-corrected chi connectivity index (χ3v) is 7.60. The van der Waals surface area contributed by atoms with Gasteiger partial charge in [0.25, 0.3) is 5.88 Å². The molecule has 1 aliphatic heterocycles. The Hall–Kier alpha value is -2.38. The zero-order chi connectivity index (χ0) is 25.1. The number of likely N-dealkylation sites (tertiary alicyclic amines) is 1. The lowest BCUT2D eigenvalue weighted by atomic mass is 10.0. The Morgan fingerprint density at radius 2 is 2.06 bits per heavy atom. The molecule has 1 unspecified atom stereocenters. The number of anilines is 1. The average molecular weight is 534 g/mol. The number of nitrogen functional groups attached to an aromatic ring is 1. The van der Waals surface area contributed by atoms with E-state index in [1.807, 2.05) is 30.9 Å². The number of benzene rings is 1. The number of rotatable bonds is 8. The molecule has 2 aromatic heterocycles. The van der Waals surface area contributed by atoms with Gasteiger partial charge in [0, 0.05) is 47.7 Å². The predicted molar refractivity (Wildman–Crippen MR) is 145 cm³/mol. The van der Waals surface area contributed by atoms with Crippen molar-refractivity contribution >= 4 is 43.6 Å². The maximum absolute atomic E-state index is 6.47. The van der Waals surface area contributed by atoms with Crippen LogP contribution < -0.4 is 21.1 Å². The standard InChI is InChI=1S/C24H30Cl2N7OP/c1-14(10-28-3)32-8-6-17(7-9-32)33-13-16(11-30-33)19-12-29-23(27)24(31-19)34-15(2)21-18(25)4-5-20(35)22(21)26/h4-5,11-13,15,17,28H,1,6-10,35H2,2-3H3,(H2,27,29)/t15-/m1/s1. The average Bonchev–Trinajstić information content (AvgIpc) is 3.34. The molecule has 8 nitrogen and oxygen atoms in total. The Labute approximate surface area is 218 Å². The molecule has 11 heteroatoms. The molecule has 0 aliphatic carbocycles. The molecule has 1 saturated heterocycles. The van der Waals surface area contributed by atoms with Crippen molar-refractivity contribution in [3.8, 4) is 17.1 Å². The molecule has 1 aromatic carbocycles. The molecular formula is C24H30Cl2N7OP. The van der Waals surface area contributed by atoms with E-state index in [4.69, 9.17) is 33.7 Å². The van der Waals surface area contributed by atoms with Gasteiger partial charge in [-0.2, -0.15) is 5.10 Å². The molecule has 3 heterocycles. The van der Waals surface area contributed by atoms with Crippen molar-refractivity contribution in [1.82, 2.24) is 30.0 Å². The van der Waals surface area contributed by atoms with Gasteiger partial charge in [-0.25, -0.2) is 9.97 Å². The largest absolute Gasteiger partial charge is 0.467 e. The van der Waals surface area contributed by atoms with Crippen LogP contribution in [0.25, 0.3) is 11.3 Å². The summed E-state index contributed by atoms with van der Waals surface area (Å²) in [5.41, 5.74) is 9.35. The molecule has 186 valence electrons. The summed E-state index contributed by atoms with van der Waals surface area (Å²) < 4.78 is 8.08. The second-order valence-corrected chi connectivity index (χ2v) is 10.0. The molecule has 0 saturated carbocycles. The van der Waals surface area contributed by atoms with E-state index < -0.39 is 6.10 Å². The summed E-state index contributed by atoms with van der Waals surface area (Å²) in [6.45, 7) is 8.73. The Bertz CT molecular complexity index is 1210. The van der Waals surface area contributed by atoms with Crippen molar-refractivity contribution in [1.29, 1.82) is 0 Å². The van der Waals surface area contributed by atoms with Crippen molar-refractivity contribution in [2.45, 2.75) is 31.9 Å². The first-order valence-corrected chi connectivity index (χ1v) is 12.8. The number of nitrogens with zero attached hydrogens (tertiary/aromatic N) is 5. The summed E-state index contributed by atoms with van der Waals surface area (Å²) >= 11 is 12.9. The zero-order valence-electron chi connectivity index (χ0n) is 19.8. The van der Waals surface area contributed by atoms with Gasteiger partial charge >= 0.3 is 0 Å². The molecule has 1 fully saturated rings. The first-order chi connectivity index (χ1) is 16.8. The Balaban J connectivity index is 1.48. The van der Waals surface area contributed by atoms with Gasteiger partial charge in [0.15, 0.2) is 5.82 Å². The Morgan fingerprint density at radius 3 is 2.77 bits per heavy atom. The summed E-state index contributed by atoms with van der Waals surface area (Å²) in [4.78, 5) is 11.2. The number of hydrogen-bond donors (Lipinski definition) is 2. The summed E-state index contributed by atoms with van der Waals surface area (Å²) in [6.07, 6.45) is 6.95. The molecule has 2 atom stereocenters. The van der Waals surface area contributed by atoms with Crippen LogP contribution in [0.15, 0.2) is 43.0 Å². The number of nitrogens with one attached hydrogen (secondary N) is 1. The fraction of sp³-hybridized carbons (Fsp3) is 0.375. The van der Waals surface area contributed by atoms with Crippen molar-refractivity contribution < 1.29 is 4.74 Å². The fourth-order valence-corrected chi connectivity index (χ4v) is 5.15. The lowest BCUT2D eigenvalue weighted by Gasteiger charge is -2.34. The Morgan fingerprint density at radius 1 is 1.31 bits per heavy atom. The molecule has 3 aromatic rings. The van der Waals surface area contributed by atoms with Gasteiger partial charge in [-0.15, -0.1) is 9.24 Å². The normalized spacial score (nSPS) is 15.3. The second-order valence-electron chi connectivity index (χ2n) is 8.59. The number of halogens is 2. The van der Waals surface area contributed by atoms with Crippen LogP contribution in [-0.2, 0) is 0 Å². The van der Waals surface area contributed by atoms with Gasteiger partial charge < -0.3 is 20.7 Å². The number of likely N-dealkylation sites (N-methyl/N-ethyl adjacent to an activating group) is 1. The molecule has 0 spiro atoms. The highest BCUT2D eigenvalue weighted by atomic mass is 35.5. The number of hydrogen-bond acceptors (Lipinski definition) is 7. The van der Waals surface area contributed by atoms with E-state index in [0.717, 1.165) is 49.0 Å². The molecule has 3 N–H and O–H groups in total. The van der Waals surface area contributed by atoms with Crippen molar-refractivity contribution in [3.63, 3.8) is 0 Å². The van der Waals surface area contributed by atoms with E-state index in [0.29, 0.717) is 27.3 Å². The van der Waals surface area contributed by atoms with Crippen LogP contribution >= 0.6 is 32.4 Å². The first kappa shape index (κ1) is 25.7. The summed E-state index contributed by atoms with van der Waals surface area (Å²) in [6, 6.07) is 3.94. The van der Waals surface area contributed by atoms with Gasteiger partial charge in [0.2, 0.25) is 0 Å². The van der Waals surface area contributed by atoms with E-state index in [2.05, 4.69) is 41.1 Å². The minimum atomic E-state index is -0.479. The highest BCUT2D eigenvalue weighted by Gasteiger charge is 2.23. The van der Waals surface area contributed by atoms with Crippen LogP contribution in [0.2, 0.25) is 10.0 Å². The molecule has 4 rings (SSSR count). The van der Waals surface area contributed by atoms with Crippen molar-refractivity contribution in [2.75, 3.05) is 32.4 Å². The van der Waals surface area contributed by atoms with Crippen LogP contribution in [-0.4, -0.2) is 51.3 Å². The summed E-state index contributed by atoms with van der Waals surface area (Å²) in [5, 5.41) is 9.64.